The van der Waals surface area contributed by atoms with Crippen LogP contribution in [0.4, 0.5) is 8.78 Å². The van der Waals surface area contributed by atoms with Gasteiger partial charge in [0.25, 0.3) is 0 Å². The van der Waals surface area contributed by atoms with E-state index in [1.807, 2.05) is 24.3 Å². The molecule has 10 heteroatoms. The molecule has 4 rings (SSSR count). The van der Waals surface area contributed by atoms with Gasteiger partial charge in [0.2, 0.25) is 5.91 Å². The van der Waals surface area contributed by atoms with Gasteiger partial charge in [0.05, 0.1) is 6.61 Å². The average molecular weight is 581 g/mol. The predicted octanol–water partition coefficient (Wildman–Crippen LogP) is 5.09. The van der Waals surface area contributed by atoms with Crippen LogP contribution in [0.3, 0.4) is 0 Å². The Hall–Kier alpha value is -4.57. The quantitative estimate of drug-likeness (QED) is 0.213. The number of rotatable bonds is 11. The molecule has 4 N–H and O–H groups in total. The zero-order valence-corrected chi connectivity index (χ0v) is 23.0. The first-order chi connectivity index (χ1) is 20.1. The Balaban J connectivity index is 0.000000531. The van der Waals surface area contributed by atoms with Crippen molar-refractivity contribution >= 4 is 17.8 Å². The van der Waals surface area contributed by atoms with Crippen LogP contribution < -0.4 is 10.5 Å². The number of nitrogens with two attached hydrogens (primary N) is 1. The number of aliphatic carboxylic acids is 2. The second-order valence-electron chi connectivity index (χ2n) is 9.86. The Kier molecular flexibility index (Phi) is 12.2. The lowest BCUT2D eigenvalue weighted by Crippen LogP contribution is -2.36. The van der Waals surface area contributed by atoms with Crippen molar-refractivity contribution in [2.75, 3.05) is 26.2 Å². The fraction of sp³-hybridized carbons (Fsp3) is 0.281. The van der Waals surface area contributed by atoms with Crippen molar-refractivity contribution in [1.82, 2.24) is 4.90 Å². The van der Waals surface area contributed by atoms with Crippen LogP contribution in [0, 0.1) is 17.6 Å². The summed E-state index contributed by atoms with van der Waals surface area (Å²) < 4.78 is 32.8. The standard InChI is InChI=1S/C28H30F2N2O2.C4H4O4/c29-24-8-2-20(3-9-24)27(21-4-10-25(30)11-5-21)22-14-17-32(18-15-22)16-1-19-34-26-12-6-23(7-13-26)28(31)33;5-3(6)1-2-4(7)8/h2-13,22,27H,1,14-19H2,(H2,31,33);1-2H,(H,5,6)(H,7,8). The normalized spacial score (nSPS) is 13.9. The summed E-state index contributed by atoms with van der Waals surface area (Å²) in [6, 6.07) is 20.3. The fourth-order valence-electron chi connectivity index (χ4n) is 4.92. The van der Waals surface area contributed by atoms with Crippen LogP contribution in [0.15, 0.2) is 84.9 Å². The predicted molar refractivity (Wildman–Crippen MR) is 153 cm³/mol. The van der Waals surface area contributed by atoms with Gasteiger partial charge in [-0.3, -0.25) is 4.79 Å². The molecule has 0 saturated carbocycles. The molecule has 0 radical (unpaired) electrons. The number of carboxylic acids is 2. The van der Waals surface area contributed by atoms with Gasteiger partial charge >= 0.3 is 11.9 Å². The van der Waals surface area contributed by atoms with Crippen molar-refractivity contribution in [3.8, 4) is 5.75 Å². The second-order valence-corrected chi connectivity index (χ2v) is 9.86. The van der Waals surface area contributed by atoms with E-state index in [9.17, 15) is 23.2 Å². The summed E-state index contributed by atoms with van der Waals surface area (Å²) in [4.78, 5) is 32.7. The van der Waals surface area contributed by atoms with Gasteiger partial charge < -0.3 is 25.6 Å². The van der Waals surface area contributed by atoms with Crippen molar-refractivity contribution in [2.24, 2.45) is 11.7 Å². The number of carboxylic acid groups (broad SMARTS) is 2. The number of halogens is 2. The van der Waals surface area contributed by atoms with Gasteiger partial charge in [-0.25, -0.2) is 18.4 Å². The highest BCUT2D eigenvalue weighted by atomic mass is 19.1. The minimum atomic E-state index is -1.26. The third-order valence-corrected chi connectivity index (χ3v) is 6.96. The molecule has 0 aromatic heterocycles. The van der Waals surface area contributed by atoms with Crippen LogP contribution in [-0.2, 0) is 9.59 Å². The smallest absolute Gasteiger partial charge is 0.328 e. The van der Waals surface area contributed by atoms with E-state index in [0.29, 0.717) is 30.2 Å². The van der Waals surface area contributed by atoms with E-state index < -0.39 is 17.8 Å². The van der Waals surface area contributed by atoms with Gasteiger partial charge in [0, 0.05) is 30.2 Å². The molecule has 8 nitrogen and oxygen atoms in total. The van der Waals surface area contributed by atoms with Crippen molar-refractivity contribution < 1.29 is 38.1 Å². The van der Waals surface area contributed by atoms with Crippen LogP contribution in [-0.4, -0.2) is 59.2 Å². The molecule has 0 unspecified atom stereocenters. The number of carbonyl (C=O) groups excluding carboxylic acids is 1. The van der Waals surface area contributed by atoms with E-state index in [-0.39, 0.29) is 17.6 Å². The number of hydrogen-bond acceptors (Lipinski definition) is 5. The number of likely N-dealkylation sites (tertiary alicyclic amines) is 1. The highest BCUT2D eigenvalue weighted by Gasteiger charge is 2.29. The molecule has 3 aromatic carbocycles. The molecule has 1 heterocycles. The zero-order valence-electron chi connectivity index (χ0n) is 23.0. The fourth-order valence-corrected chi connectivity index (χ4v) is 4.92. The molecule has 0 aliphatic carbocycles. The molecule has 1 aliphatic rings. The largest absolute Gasteiger partial charge is 0.494 e. The number of nitrogens with zero attached hydrogens (tertiary/aromatic N) is 1. The van der Waals surface area contributed by atoms with Gasteiger partial charge in [0.1, 0.15) is 17.4 Å². The molecule has 0 bridgehead atoms. The summed E-state index contributed by atoms with van der Waals surface area (Å²) in [6.07, 6.45) is 4.07. The summed E-state index contributed by atoms with van der Waals surface area (Å²) in [6.45, 7) is 3.52. The van der Waals surface area contributed by atoms with Gasteiger partial charge in [0.15, 0.2) is 0 Å². The Morgan fingerprint density at radius 2 is 1.31 bits per heavy atom. The van der Waals surface area contributed by atoms with Gasteiger partial charge in [-0.05, 0) is 97.9 Å². The third-order valence-electron chi connectivity index (χ3n) is 6.96. The lowest BCUT2D eigenvalue weighted by atomic mass is 9.76. The Bertz CT molecular complexity index is 1280. The Morgan fingerprint density at radius 1 is 0.833 bits per heavy atom. The maximum absolute atomic E-state index is 13.5. The Labute approximate surface area is 243 Å². The summed E-state index contributed by atoms with van der Waals surface area (Å²) >= 11 is 0. The SMILES string of the molecule is NC(=O)c1ccc(OCCCN2CCC(C(c3ccc(F)cc3)c3ccc(F)cc3)CC2)cc1.O=C(O)C=CC(=O)O. The van der Waals surface area contributed by atoms with Gasteiger partial charge in [-0.2, -0.15) is 0 Å². The maximum atomic E-state index is 13.5. The Morgan fingerprint density at radius 3 is 1.74 bits per heavy atom. The number of piperidine rings is 1. The highest BCUT2D eigenvalue weighted by Crippen LogP contribution is 2.38. The molecular weight excluding hydrogens is 546 g/mol. The molecule has 1 amide bonds. The summed E-state index contributed by atoms with van der Waals surface area (Å²) in [5, 5.41) is 15.6. The van der Waals surface area contributed by atoms with Gasteiger partial charge in [-0.15, -0.1) is 0 Å². The van der Waals surface area contributed by atoms with Crippen molar-refractivity contribution in [2.45, 2.75) is 25.2 Å². The molecule has 1 saturated heterocycles. The second kappa shape index (κ2) is 16.0. The summed E-state index contributed by atoms with van der Waals surface area (Å²) in [7, 11) is 0. The molecule has 0 spiro atoms. The van der Waals surface area contributed by atoms with Crippen LogP contribution in [0.25, 0.3) is 0 Å². The topological polar surface area (TPSA) is 130 Å². The zero-order chi connectivity index (χ0) is 30.5. The first kappa shape index (κ1) is 32.0. The minimum Gasteiger partial charge on any atom is -0.494 e. The maximum Gasteiger partial charge on any atom is 0.328 e. The number of hydrogen-bond donors (Lipinski definition) is 3. The first-order valence-corrected chi connectivity index (χ1v) is 13.5. The summed E-state index contributed by atoms with van der Waals surface area (Å²) in [5.74, 6) is -2.20. The van der Waals surface area contributed by atoms with Crippen LogP contribution in [0.5, 0.6) is 5.75 Å². The van der Waals surface area contributed by atoms with E-state index in [1.165, 1.54) is 24.3 Å². The summed E-state index contributed by atoms with van der Waals surface area (Å²) in [5.41, 5.74) is 7.87. The molecule has 1 fully saturated rings. The van der Waals surface area contributed by atoms with E-state index in [1.54, 1.807) is 24.3 Å². The number of ether oxygens (including phenoxy) is 1. The lowest BCUT2D eigenvalue weighted by Gasteiger charge is -2.36. The van der Waals surface area contributed by atoms with E-state index in [4.69, 9.17) is 20.7 Å². The lowest BCUT2D eigenvalue weighted by molar-refractivity contribution is -0.134. The van der Waals surface area contributed by atoms with E-state index >= 15 is 0 Å². The minimum absolute atomic E-state index is 0.120. The molecule has 42 heavy (non-hydrogen) atoms. The third kappa shape index (κ3) is 10.4. The van der Waals surface area contributed by atoms with E-state index in [0.717, 1.165) is 55.8 Å². The average Bonchev–Trinajstić information content (AvgIpc) is 2.97. The molecular formula is C32H34F2N2O6. The van der Waals surface area contributed by atoms with Crippen molar-refractivity contribution in [3.63, 3.8) is 0 Å². The van der Waals surface area contributed by atoms with Gasteiger partial charge in [-0.1, -0.05) is 24.3 Å². The van der Waals surface area contributed by atoms with Crippen LogP contribution in [0.1, 0.15) is 46.7 Å². The van der Waals surface area contributed by atoms with Crippen molar-refractivity contribution in [1.29, 1.82) is 0 Å². The molecule has 1 aliphatic heterocycles. The molecule has 222 valence electrons. The van der Waals surface area contributed by atoms with Crippen LogP contribution >= 0.6 is 0 Å². The number of carbonyl (C=O) groups is 3. The number of primary amides is 1. The highest BCUT2D eigenvalue weighted by molar-refractivity contribution is 5.92. The van der Waals surface area contributed by atoms with Crippen molar-refractivity contribution in [3.05, 3.63) is 113 Å². The monoisotopic (exact) mass is 580 g/mol. The first-order valence-electron chi connectivity index (χ1n) is 13.5. The van der Waals surface area contributed by atoms with E-state index in [2.05, 4.69) is 4.90 Å². The van der Waals surface area contributed by atoms with Crippen LogP contribution in [0.2, 0.25) is 0 Å². The molecule has 3 aromatic rings. The number of amides is 1. The molecule has 0 atom stereocenters. The number of benzene rings is 3.